The minimum atomic E-state index is 0.487. The SMILES string of the molecule is CNc1nc(-c2cc(Cl)ccc2OC)c(/C(C)=N/O)s1. The van der Waals surface area contributed by atoms with E-state index in [2.05, 4.69) is 15.5 Å². The standard InChI is InChI=1S/C13H14ClN3O2S/c1-7(17-18)12-11(16-13(15-2)20-12)9-6-8(14)4-5-10(9)19-3/h4-6,18H,1-3H3,(H,15,16)/b17-7+. The average Bonchev–Trinajstić information content (AvgIpc) is 2.90. The first kappa shape index (κ1) is 14.6. The van der Waals surface area contributed by atoms with Crippen LogP contribution in [0.1, 0.15) is 11.8 Å². The summed E-state index contributed by atoms with van der Waals surface area (Å²) in [7, 11) is 3.37. The molecule has 0 atom stereocenters. The largest absolute Gasteiger partial charge is 0.496 e. The molecule has 0 spiro atoms. The summed E-state index contributed by atoms with van der Waals surface area (Å²) in [5.74, 6) is 0.661. The zero-order valence-electron chi connectivity index (χ0n) is 11.3. The summed E-state index contributed by atoms with van der Waals surface area (Å²) in [6.07, 6.45) is 0. The van der Waals surface area contributed by atoms with Crippen molar-refractivity contribution < 1.29 is 9.94 Å². The fourth-order valence-electron chi connectivity index (χ4n) is 1.77. The second-order valence-corrected chi connectivity index (χ2v) is 5.41. The molecule has 1 heterocycles. The number of oxime groups is 1. The first-order chi connectivity index (χ1) is 9.60. The molecule has 2 rings (SSSR count). The van der Waals surface area contributed by atoms with Crippen molar-refractivity contribution in [2.24, 2.45) is 5.16 Å². The third-order valence-electron chi connectivity index (χ3n) is 2.74. The number of nitrogens with zero attached hydrogens (tertiary/aromatic N) is 2. The summed E-state index contributed by atoms with van der Waals surface area (Å²) in [4.78, 5) is 5.26. The Labute approximate surface area is 125 Å². The van der Waals surface area contributed by atoms with Crippen LogP contribution in [0, 0.1) is 0 Å². The normalized spacial score (nSPS) is 11.5. The topological polar surface area (TPSA) is 66.7 Å². The molecule has 1 aromatic heterocycles. The molecule has 0 bridgehead atoms. The van der Waals surface area contributed by atoms with Crippen molar-refractivity contribution in [2.75, 3.05) is 19.5 Å². The van der Waals surface area contributed by atoms with Crippen molar-refractivity contribution in [3.63, 3.8) is 0 Å². The van der Waals surface area contributed by atoms with Crippen LogP contribution < -0.4 is 10.1 Å². The summed E-state index contributed by atoms with van der Waals surface area (Å²) in [6, 6.07) is 5.32. The number of hydrogen-bond acceptors (Lipinski definition) is 6. The van der Waals surface area contributed by atoms with Crippen molar-refractivity contribution in [1.82, 2.24) is 4.98 Å². The van der Waals surface area contributed by atoms with Crippen LogP contribution in [0.25, 0.3) is 11.3 Å². The quantitative estimate of drug-likeness (QED) is 0.513. The molecule has 0 aliphatic rings. The average molecular weight is 312 g/mol. The van der Waals surface area contributed by atoms with Gasteiger partial charge in [0, 0.05) is 17.6 Å². The van der Waals surface area contributed by atoms with Crippen molar-refractivity contribution >= 4 is 33.8 Å². The maximum absolute atomic E-state index is 9.01. The van der Waals surface area contributed by atoms with Crippen LogP contribution in [-0.2, 0) is 0 Å². The van der Waals surface area contributed by atoms with Crippen molar-refractivity contribution in [3.05, 3.63) is 28.1 Å². The molecule has 0 saturated heterocycles. The third kappa shape index (κ3) is 2.71. The Morgan fingerprint density at radius 3 is 2.85 bits per heavy atom. The number of aromatic nitrogens is 1. The van der Waals surface area contributed by atoms with Gasteiger partial charge < -0.3 is 15.3 Å². The molecule has 0 radical (unpaired) electrons. The molecular weight excluding hydrogens is 298 g/mol. The van der Waals surface area contributed by atoms with Crippen molar-refractivity contribution in [1.29, 1.82) is 0 Å². The highest BCUT2D eigenvalue weighted by Crippen LogP contribution is 2.38. The minimum absolute atomic E-state index is 0.487. The fourth-order valence-corrected chi connectivity index (χ4v) is 2.81. The number of ether oxygens (including phenoxy) is 1. The monoisotopic (exact) mass is 311 g/mol. The Morgan fingerprint density at radius 2 is 2.25 bits per heavy atom. The number of thiazole rings is 1. The molecular formula is C13H14ClN3O2S. The minimum Gasteiger partial charge on any atom is -0.496 e. The Hall–Kier alpha value is -1.79. The van der Waals surface area contributed by atoms with Crippen LogP contribution in [0.2, 0.25) is 5.02 Å². The zero-order chi connectivity index (χ0) is 14.7. The Bertz CT molecular complexity index is 655. The number of rotatable bonds is 4. The number of methoxy groups -OCH3 is 1. The lowest BCUT2D eigenvalue weighted by Gasteiger charge is -2.08. The molecule has 0 aliphatic carbocycles. The van der Waals surface area contributed by atoms with Gasteiger partial charge in [-0.25, -0.2) is 4.98 Å². The Kier molecular flexibility index (Phi) is 4.46. The Morgan fingerprint density at radius 1 is 1.50 bits per heavy atom. The van der Waals surface area contributed by atoms with E-state index in [-0.39, 0.29) is 0 Å². The molecule has 2 N–H and O–H groups in total. The van der Waals surface area contributed by atoms with Gasteiger partial charge in [0.1, 0.15) is 5.75 Å². The molecule has 0 saturated carbocycles. The lowest BCUT2D eigenvalue weighted by Crippen LogP contribution is -1.96. The molecule has 0 aliphatic heterocycles. The lowest BCUT2D eigenvalue weighted by atomic mass is 10.1. The highest BCUT2D eigenvalue weighted by Gasteiger charge is 2.19. The molecule has 2 aromatic rings. The van der Waals surface area contributed by atoms with Gasteiger partial charge in [0.05, 0.1) is 23.4 Å². The van der Waals surface area contributed by atoms with Gasteiger partial charge in [0.2, 0.25) is 0 Å². The van der Waals surface area contributed by atoms with Gasteiger partial charge in [-0.2, -0.15) is 0 Å². The summed E-state index contributed by atoms with van der Waals surface area (Å²) in [6.45, 7) is 1.72. The van der Waals surface area contributed by atoms with E-state index in [9.17, 15) is 0 Å². The van der Waals surface area contributed by atoms with Crippen LogP contribution in [-0.4, -0.2) is 30.1 Å². The third-order valence-corrected chi connectivity index (χ3v) is 4.15. The predicted molar refractivity (Wildman–Crippen MR) is 82.7 cm³/mol. The first-order valence-electron chi connectivity index (χ1n) is 5.82. The molecule has 7 heteroatoms. The Balaban J connectivity index is 2.68. The van der Waals surface area contributed by atoms with Crippen LogP contribution in [0.5, 0.6) is 5.75 Å². The molecule has 0 unspecified atom stereocenters. The molecule has 5 nitrogen and oxygen atoms in total. The maximum atomic E-state index is 9.01. The summed E-state index contributed by atoms with van der Waals surface area (Å²) in [5.41, 5.74) is 1.92. The lowest BCUT2D eigenvalue weighted by molar-refractivity contribution is 0.319. The smallest absolute Gasteiger partial charge is 0.183 e. The second-order valence-electron chi connectivity index (χ2n) is 3.98. The van der Waals surface area contributed by atoms with Crippen LogP contribution in [0.4, 0.5) is 5.13 Å². The van der Waals surface area contributed by atoms with E-state index in [0.29, 0.717) is 22.2 Å². The van der Waals surface area contributed by atoms with Gasteiger partial charge in [0.25, 0.3) is 0 Å². The van der Waals surface area contributed by atoms with Gasteiger partial charge in [0.15, 0.2) is 5.13 Å². The molecule has 1 aromatic carbocycles. The van der Waals surface area contributed by atoms with E-state index in [0.717, 1.165) is 15.6 Å². The summed E-state index contributed by atoms with van der Waals surface area (Å²) in [5, 5.41) is 16.6. The molecule has 20 heavy (non-hydrogen) atoms. The van der Waals surface area contributed by atoms with Gasteiger partial charge in [-0.05, 0) is 25.1 Å². The van der Waals surface area contributed by atoms with E-state index in [1.54, 1.807) is 39.3 Å². The van der Waals surface area contributed by atoms with E-state index in [1.165, 1.54) is 11.3 Å². The van der Waals surface area contributed by atoms with Gasteiger partial charge in [-0.3, -0.25) is 0 Å². The van der Waals surface area contributed by atoms with Crippen LogP contribution in [0.3, 0.4) is 0 Å². The van der Waals surface area contributed by atoms with E-state index < -0.39 is 0 Å². The van der Waals surface area contributed by atoms with Gasteiger partial charge in [-0.1, -0.05) is 28.1 Å². The van der Waals surface area contributed by atoms with Crippen molar-refractivity contribution in [2.45, 2.75) is 6.92 Å². The molecule has 0 fully saturated rings. The van der Waals surface area contributed by atoms with Crippen molar-refractivity contribution in [3.8, 4) is 17.0 Å². The maximum Gasteiger partial charge on any atom is 0.183 e. The summed E-state index contributed by atoms with van der Waals surface area (Å²) >= 11 is 7.46. The second kappa shape index (κ2) is 6.11. The van der Waals surface area contributed by atoms with E-state index in [4.69, 9.17) is 21.5 Å². The number of nitrogens with one attached hydrogen (secondary N) is 1. The van der Waals surface area contributed by atoms with Crippen LogP contribution >= 0.6 is 22.9 Å². The molecule has 0 amide bonds. The molecule has 106 valence electrons. The van der Waals surface area contributed by atoms with E-state index in [1.807, 2.05) is 0 Å². The highest BCUT2D eigenvalue weighted by molar-refractivity contribution is 7.18. The zero-order valence-corrected chi connectivity index (χ0v) is 12.8. The number of anilines is 1. The first-order valence-corrected chi connectivity index (χ1v) is 7.01. The number of hydrogen-bond donors (Lipinski definition) is 2. The van der Waals surface area contributed by atoms with Gasteiger partial charge >= 0.3 is 0 Å². The summed E-state index contributed by atoms with van der Waals surface area (Å²) < 4.78 is 5.35. The highest BCUT2D eigenvalue weighted by atomic mass is 35.5. The fraction of sp³-hybridized carbons (Fsp3) is 0.231. The van der Waals surface area contributed by atoms with E-state index >= 15 is 0 Å². The predicted octanol–water partition coefficient (Wildman–Crippen LogP) is 3.71. The number of benzene rings is 1. The number of halogens is 1. The van der Waals surface area contributed by atoms with Gasteiger partial charge in [-0.15, -0.1) is 0 Å². The van der Waals surface area contributed by atoms with Crippen LogP contribution in [0.15, 0.2) is 23.4 Å².